The first-order valence-corrected chi connectivity index (χ1v) is 5.08. The molecule has 0 bridgehead atoms. The molecule has 1 aromatic rings. The topological polar surface area (TPSA) is 26.3 Å². The first-order chi connectivity index (χ1) is 7.90. The van der Waals surface area contributed by atoms with Gasteiger partial charge in [-0.15, -0.1) is 0 Å². The number of methoxy groups -OCH3 is 1. The summed E-state index contributed by atoms with van der Waals surface area (Å²) < 4.78 is 43.4. The molecule has 0 N–H and O–H groups in total. The second kappa shape index (κ2) is 5.21. The molecule has 5 heteroatoms. The van der Waals surface area contributed by atoms with Gasteiger partial charge in [0.05, 0.1) is 7.11 Å². The minimum Gasteiger partial charge on any atom is -0.496 e. The highest BCUT2D eigenvalue weighted by Crippen LogP contribution is 2.39. The predicted molar refractivity (Wildman–Crippen MR) is 56.9 cm³/mol. The van der Waals surface area contributed by atoms with Gasteiger partial charge in [0.25, 0.3) is 0 Å². The Labute approximate surface area is 97.4 Å². The zero-order valence-electron chi connectivity index (χ0n) is 9.54. The third-order valence-corrected chi connectivity index (χ3v) is 2.39. The molecule has 0 saturated carbocycles. The molecule has 0 aliphatic rings. The summed E-state index contributed by atoms with van der Waals surface area (Å²) in [5.41, 5.74) is -0.715. The number of carbonyl (C=O) groups excluding carboxylic acids is 1. The minimum atomic E-state index is -4.48. The molecule has 0 radical (unpaired) electrons. The lowest BCUT2D eigenvalue weighted by atomic mass is 9.96. The molecule has 0 amide bonds. The first-order valence-electron chi connectivity index (χ1n) is 5.08. The SMILES string of the molecule is COc1cccc(CC(C)C=O)c1C(F)(F)F. The van der Waals surface area contributed by atoms with Crippen molar-refractivity contribution in [2.24, 2.45) is 5.92 Å². The molecule has 1 atom stereocenters. The molecule has 17 heavy (non-hydrogen) atoms. The Hall–Kier alpha value is -1.52. The highest BCUT2D eigenvalue weighted by molar-refractivity contribution is 5.54. The van der Waals surface area contributed by atoms with Crippen LogP contribution in [-0.2, 0) is 17.4 Å². The zero-order valence-corrected chi connectivity index (χ0v) is 9.54. The summed E-state index contributed by atoms with van der Waals surface area (Å²) in [6.07, 6.45) is -3.79. The molecule has 0 aliphatic heterocycles. The number of alkyl halides is 3. The van der Waals surface area contributed by atoms with Gasteiger partial charge in [-0.1, -0.05) is 19.1 Å². The fourth-order valence-electron chi connectivity index (χ4n) is 1.63. The zero-order chi connectivity index (χ0) is 13.1. The van der Waals surface area contributed by atoms with Crippen LogP contribution < -0.4 is 4.74 Å². The molecule has 94 valence electrons. The van der Waals surface area contributed by atoms with E-state index in [0.29, 0.717) is 6.29 Å². The number of ether oxygens (including phenoxy) is 1. The van der Waals surface area contributed by atoms with Gasteiger partial charge < -0.3 is 9.53 Å². The van der Waals surface area contributed by atoms with Crippen molar-refractivity contribution in [3.05, 3.63) is 29.3 Å². The maximum Gasteiger partial charge on any atom is 0.420 e. The number of hydrogen-bond acceptors (Lipinski definition) is 2. The number of aldehydes is 1. The van der Waals surface area contributed by atoms with E-state index < -0.39 is 17.7 Å². The molecule has 0 saturated heterocycles. The quantitative estimate of drug-likeness (QED) is 0.763. The average molecular weight is 246 g/mol. The molecule has 0 spiro atoms. The van der Waals surface area contributed by atoms with Gasteiger partial charge in [-0.05, 0) is 18.1 Å². The van der Waals surface area contributed by atoms with Gasteiger partial charge in [0.15, 0.2) is 0 Å². The van der Waals surface area contributed by atoms with Crippen LogP contribution in [-0.4, -0.2) is 13.4 Å². The monoisotopic (exact) mass is 246 g/mol. The number of hydrogen-bond donors (Lipinski definition) is 0. The van der Waals surface area contributed by atoms with Crippen molar-refractivity contribution >= 4 is 6.29 Å². The summed E-state index contributed by atoms with van der Waals surface area (Å²) in [5.74, 6) is -0.670. The third kappa shape index (κ3) is 3.22. The van der Waals surface area contributed by atoms with Gasteiger partial charge in [0.1, 0.15) is 17.6 Å². The number of carbonyl (C=O) groups is 1. The van der Waals surface area contributed by atoms with Gasteiger partial charge in [-0.3, -0.25) is 0 Å². The summed E-state index contributed by atoms with van der Waals surface area (Å²) in [7, 11) is 1.19. The van der Waals surface area contributed by atoms with Crippen LogP contribution in [0.1, 0.15) is 18.1 Å². The Bertz CT molecular complexity index is 399. The van der Waals surface area contributed by atoms with Gasteiger partial charge in [-0.2, -0.15) is 13.2 Å². The second-order valence-electron chi connectivity index (χ2n) is 3.81. The molecule has 0 aliphatic carbocycles. The van der Waals surface area contributed by atoms with Crippen LogP contribution in [0.2, 0.25) is 0 Å². The molecule has 1 unspecified atom stereocenters. The van der Waals surface area contributed by atoms with Gasteiger partial charge in [0, 0.05) is 5.92 Å². The Morgan fingerprint density at radius 2 is 2.06 bits per heavy atom. The average Bonchev–Trinajstić information content (AvgIpc) is 2.26. The number of halogens is 3. The van der Waals surface area contributed by atoms with Crippen LogP contribution in [0.25, 0.3) is 0 Å². The van der Waals surface area contributed by atoms with Crippen molar-refractivity contribution in [1.29, 1.82) is 0 Å². The van der Waals surface area contributed by atoms with E-state index in [1.54, 1.807) is 6.92 Å². The van der Waals surface area contributed by atoms with Crippen molar-refractivity contribution in [3.8, 4) is 5.75 Å². The Kier molecular flexibility index (Phi) is 4.15. The van der Waals surface area contributed by atoms with Crippen LogP contribution in [0.3, 0.4) is 0 Å². The van der Waals surface area contributed by atoms with E-state index in [1.807, 2.05) is 0 Å². The lowest BCUT2D eigenvalue weighted by Gasteiger charge is -2.17. The summed E-state index contributed by atoms with van der Waals surface area (Å²) in [6.45, 7) is 1.58. The second-order valence-corrected chi connectivity index (χ2v) is 3.81. The number of rotatable bonds is 4. The van der Waals surface area contributed by atoms with Crippen LogP contribution in [0.5, 0.6) is 5.75 Å². The molecular formula is C12H13F3O2. The summed E-state index contributed by atoms with van der Waals surface area (Å²) in [6, 6.07) is 4.12. The largest absolute Gasteiger partial charge is 0.496 e. The van der Waals surface area contributed by atoms with Crippen LogP contribution in [0.15, 0.2) is 18.2 Å². The van der Waals surface area contributed by atoms with Crippen molar-refractivity contribution in [2.75, 3.05) is 7.11 Å². The van der Waals surface area contributed by atoms with E-state index in [4.69, 9.17) is 4.74 Å². The standard InChI is InChI=1S/C12H13F3O2/c1-8(7-16)6-9-4-3-5-10(17-2)11(9)12(13,14)15/h3-5,7-8H,6H2,1-2H3. The van der Waals surface area contributed by atoms with E-state index in [-0.39, 0.29) is 17.7 Å². The first kappa shape index (κ1) is 13.5. The fraction of sp³-hybridized carbons (Fsp3) is 0.417. The lowest BCUT2D eigenvalue weighted by molar-refractivity contribution is -0.139. The highest BCUT2D eigenvalue weighted by Gasteiger charge is 2.37. The van der Waals surface area contributed by atoms with E-state index in [2.05, 4.69) is 0 Å². The Morgan fingerprint density at radius 3 is 2.53 bits per heavy atom. The molecule has 1 rings (SSSR count). The smallest absolute Gasteiger partial charge is 0.420 e. The molecule has 1 aromatic carbocycles. The Morgan fingerprint density at radius 1 is 1.41 bits per heavy atom. The molecule has 0 aromatic heterocycles. The van der Waals surface area contributed by atoms with Crippen LogP contribution in [0, 0.1) is 5.92 Å². The summed E-state index contributed by atoms with van der Waals surface area (Å²) in [5, 5.41) is 0. The molecule has 0 heterocycles. The molecular weight excluding hydrogens is 233 g/mol. The number of benzene rings is 1. The van der Waals surface area contributed by atoms with Crippen molar-refractivity contribution < 1.29 is 22.7 Å². The lowest BCUT2D eigenvalue weighted by Crippen LogP contribution is -2.13. The maximum atomic E-state index is 12.9. The minimum absolute atomic E-state index is 0.0511. The van der Waals surface area contributed by atoms with E-state index in [9.17, 15) is 18.0 Å². The molecule has 2 nitrogen and oxygen atoms in total. The van der Waals surface area contributed by atoms with Gasteiger partial charge >= 0.3 is 6.18 Å². The fourth-order valence-corrected chi connectivity index (χ4v) is 1.63. The highest BCUT2D eigenvalue weighted by atomic mass is 19.4. The van der Waals surface area contributed by atoms with E-state index >= 15 is 0 Å². The van der Waals surface area contributed by atoms with E-state index in [0.717, 1.165) is 0 Å². The normalized spacial score (nSPS) is 13.2. The Balaban J connectivity index is 3.24. The van der Waals surface area contributed by atoms with Crippen LogP contribution in [0.4, 0.5) is 13.2 Å². The predicted octanol–water partition coefficient (Wildman–Crippen LogP) is 3.09. The van der Waals surface area contributed by atoms with Crippen molar-refractivity contribution in [1.82, 2.24) is 0 Å². The van der Waals surface area contributed by atoms with Crippen LogP contribution >= 0.6 is 0 Å². The van der Waals surface area contributed by atoms with Crippen molar-refractivity contribution in [2.45, 2.75) is 19.5 Å². The third-order valence-electron chi connectivity index (χ3n) is 2.39. The van der Waals surface area contributed by atoms with Gasteiger partial charge in [-0.25, -0.2) is 0 Å². The van der Waals surface area contributed by atoms with Crippen molar-refractivity contribution in [3.63, 3.8) is 0 Å². The summed E-state index contributed by atoms with van der Waals surface area (Å²) >= 11 is 0. The van der Waals surface area contributed by atoms with E-state index in [1.165, 1.54) is 25.3 Å². The molecule has 0 fully saturated rings. The van der Waals surface area contributed by atoms with Gasteiger partial charge in [0.2, 0.25) is 0 Å². The maximum absolute atomic E-state index is 12.9. The summed E-state index contributed by atoms with van der Waals surface area (Å²) in [4.78, 5) is 10.5.